The van der Waals surface area contributed by atoms with E-state index in [2.05, 4.69) is 87.8 Å². The number of nitrogens with two attached hydrogens (primary N) is 3. The molecule has 0 aromatic heterocycles. The monoisotopic (exact) mass is 1160 g/mol. The lowest BCUT2D eigenvalue weighted by atomic mass is 9.98. The van der Waals surface area contributed by atoms with Crippen LogP contribution in [0.25, 0.3) is 0 Å². The summed E-state index contributed by atoms with van der Waals surface area (Å²) in [5.41, 5.74) is 16.8. The van der Waals surface area contributed by atoms with Gasteiger partial charge in [-0.3, -0.25) is 63.4 Å². The van der Waals surface area contributed by atoms with E-state index in [1.165, 1.54) is 25.0 Å². The van der Waals surface area contributed by atoms with Gasteiger partial charge in [-0.25, -0.2) is 0 Å². The van der Waals surface area contributed by atoms with Gasteiger partial charge < -0.3 is 70.4 Å². The Balaban J connectivity index is -0.00000114. The number of carbonyl (C=O) groups excluding carboxylic acids is 9. The van der Waals surface area contributed by atoms with Crippen molar-refractivity contribution in [3.05, 3.63) is 68.3 Å². The third kappa shape index (κ3) is 39.4. The number of anilines is 2. The molecular weight excluding hydrogens is 1070 g/mol. The van der Waals surface area contributed by atoms with E-state index in [9.17, 15) is 63.4 Å². The molecule has 0 radical (unpaired) electrons. The van der Waals surface area contributed by atoms with Crippen LogP contribution in [0.4, 0.5) is 22.7 Å². The molecule has 0 bridgehead atoms. The molecule has 0 heterocycles. The first-order valence-corrected chi connectivity index (χ1v) is 27.8. The van der Waals surface area contributed by atoms with E-state index in [1.807, 2.05) is 38.2 Å². The summed E-state index contributed by atoms with van der Waals surface area (Å²) < 4.78 is 0. The Morgan fingerprint density at radius 3 is 1.82 bits per heavy atom. The van der Waals surface area contributed by atoms with Crippen LogP contribution >= 0.6 is 0 Å². The molecule has 4 unspecified atom stereocenters. The summed E-state index contributed by atoms with van der Waals surface area (Å²) in [6.45, 7) is 16.9. The van der Waals surface area contributed by atoms with Crippen molar-refractivity contribution in [2.24, 2.45) is 23.1 Å². The summed E-state index contributed by atoms with van der Waals surface area (Å²) in [7, 11) is 1.82. The number of primary amides is 1. The van der Waals surface area contributed by atoms with Crippen LogP contribution in [0, 0.1) is 26.1 Å². The summed E-state index contributed by atoms with van der Waals surface area (Å²) in [4.78, 5) is 125. The molecule has 0 spiro atoms. The summed E-state index contributed by atoms with van der Waals surface area (Å²) in [6, 6.07) is 8.96. The molecule has 0 aliphatic heterocycles. The third-order valence-electron chi connectivity index (χ3n) is 10.9. The first-order valence-electron chi connectivity index (χ1n) is 27.8. The van der Waals surface area contributed by atoms with Gasteiger partial charge in [0.2, 0.25) is 47.8 Å². The zero-order valence-electron chi connectivity index (χ0n) is 49.5. The maximum absolute atomic E-state index is 12.5. The molecule has 2 aromatic rings. The third-order valence-corrected chi connectivity index (χ3v) is 10.9. The van der Waals surface area contributed by atoms with Gasteiger partial charge in [0, 0.05) is 50.9 Å². The minimum absolute atomic E-state index is 0.00611. The number of benzene rings is 2. The number of amides is 9. The number of carbonyl (C=O) groups is 9. The second-order valence-corrected chi connectivity index (χ2v) is 18.5. The molecule has 28 heteroatoms. The number of nitrogens with zero attached hydrogens (tertiary/aromatic N) is 2. The van der Waals surface area contributed by atoms with Gasteiger partial charge in [0.1, 0.15) is 17.8 Å². The molecule has 16 N–H and O–H groups in total. The highest BCUT2D eigenvalue weighted by molar-refractivity contribution is 5.99. The number of unbranched alkanes of at least 4 members (excludes halogenated alkanes) is 3. The van der Waals surface area contributed by atoms with Crippen molar-refractivity contribution in [3.63, 3.8) is 0 Å². The molecule has 0 saturated heterocycles. The van der Waals surface area contributed by atoms with E-state index >= 15 is 0 Å². The van der Waals surface area contributed by atoms with Crippen LogP contribution in [0.15, 0.2) is 42.5 Å². The summed E-state index contributed by atoms with van der Waals surface area (Å²) in [6.07, 6.45) is 9.12. The van der Waals surface area contributed by atoms with E-state index < -0.39 is 58.0 Å². The highest BCUT2D eigenvalue weighted by atomic mass is 16.6. The second-order valence-electron chi connectivity index (χ2n) is 18.5. The second kappa shape index (κ2) is 50.0. The Kier molecular flexibility index (Phi) is 47.7. The number of rotatable bonds is 35. The Morgan fingerprint density at radius 1 is 0.646 bits per heavy atom. The van der Waals surface area contributed by atoms with Crippen molar-refractivity contribution in [1.82, 2.24) is 42.5 Å². The molecule has 2 aromatic carbocycles. The van der Waals surface area contributed by atoms with Crippen LogP contribution in [0.5, 0.6) is 0 Å². The predicted octanol–water partition coefficient (Wildman–Crippen LogP) is 2.74. The average molecular weight is 1160 g/mol. The molecule has 0 saturated carbocycles. The molecule has 0 aliphatic rings. The smallest absolute Gasteiger partial charge is 0.299 e. The predicted molar refractivity (Wildman–Crippen MR) is 317 cm³/mol. The Hall–Kier alpha value is -8.01. The fraction of sp³-hybridized carbons (Fsp3) is 0.611. The van der Waals surface area contributed by atoms with Gasteiger partial charge in [-0.05, 0) is 82.5 Å². The Bertz CT molecular complexity index is 2220. The number of non-ortho nitro benzene ring substituents is 1. The first kappa shape index (κ1) is 78.2. The standard InChI is InChI=1S/C19H35N7O6.C17H26N6O6.C12H18N2O.2C3H8/c1-3-12(2)17(19(32)23-8-14(21)28)26-16(30)10-24-18(31)13(6-4-5-7-20)25-15(29)9-22-11-27;1-12(21-17(25)11-18)4-7-16(24)20-9-3-2-8-19-14-6-5-13(22(26)27)10-15(14)23(28)29;1-3-4-9-14-12(15)10-7-5-6-8-11(10)13-2;2*1-3-2/h11-13,17H,3-10,20H2,1-2H3,(H2,21,28)(H,22,27)(H,23,32)(H,24,31)(H,25,29)(H,26,30);5-6,10,12,19H,2-4,7-9,11,18H2,1H3,(H,20,24)(H,21,25);5-8,13H,3-4,9H2,1-2H3,(H,14,15);2*3H2,1-2H3. The van der Waals surface area contributed by atoms with Gasteiger partial charge in [0.25, 0.3) is 17.3 Å². The highest BCUT2D eigenvalue weighted by Gasteiger charge is 2.27. The van der Waals surface area contributed by atoms with Crippen LogP contribution in [-0.4, -0.2) is 141 Å². The molecule has 2 rings (SSSR count). The minimum Gasteiger partial charge on any atom is -0.387 e. The zero-order chi connectivity index (χ0) is 62.8. The van der Waals surface area contributed by atoms with Gasteiger partial charge in [0.15, 0.2) is 0 Å². The first-order chi connectivity index (χ1) is 39.0. The number of hydrogen-bond donors (Lipinski definition) is 13. The van der Waals surface area contributed by atoms with Crippen LogP contribution < -0.4 is 70.4 Å². The molecule has 4 atom stereocenters. The van der Waals surface area contributed by atoms with Crippen molar-refractivity contribution in [3.8, 4) is 0 Å². The number of nitrogens with one attached hydrogen (secondary N) is 10. The van der Waals surface area contributed by atoms with Gasteiger partial charge in [0.05, 0.1) is 47.7 Å². The number of nitro benzene ring substituents is 2. The van der Waals surface area contributed by atoms with Crippen molar-refractivity contribution in [1.29, 1.82) is 0 Å². The normalized spacial score (nSPS) is 11.4. The molecular formula is C54H95N15O13. The maximum Gasteiger partial charge on any atom is 0.299 e. The van der Waals surface area contributed by atoms with Crippen molar-refractivity contribution in [2.75, 3.05) is 70.0 Å². The van der Waals surface area contributed by atoms with E-state index in [-0.39, 0.29) is 72.8 Å². The quantitative estimate of drug-likeness (QED) is 0.0204. The fourth-order valence-corrected chi connectivity index (χ4v) is 6.49. The Morgan fingerprint density at radius 2 is 1.26 bits per heavy atom. The number of nitro groups is 2. The maximum atomic E-state index is 12.5. The SMILES string of the molecule is CC(CCC(=O)NCCCCNc1ccc([N+](=O)[O-])cc1[N+](=O)[O-])NC(=O)CN.CCC.CCC.CCC(C)C(NC(=O)CNC(=O)C(CCCCN)NC(=O)CNC=O)C(=O)NCC(N)=O.CCCCNC(=O)c1ccccc1NC. The van der Waals surface area contributed by atoms with E-state index in [1.54, 1.807) is 13.8 Å². The zero-order valence-corrected chi connectivity index (χ0v) is 49.5. The molecule has 82 heavy (non-hydrogen) atoms. The highest BCUT2D eigenvalue weighted by Crippen LogP contribution is 2.29. The van der Waals surface area contributed by atoms with Gasteiger partial charge in [-0.1, -0.05) is 86.3 Å². The van der Waals surface area contributed by atoms with Crippen molar-refractivity contribution < 1.29 is 53.0 Å². The topological polar surface area (TPSA) is 438 Å². The van der Waals surface area contributed by atoms with Crippen LogP contribution in [0.2, 0.25) is 0 Å². The average Bonchev–Trinajstić information content (AvgIpc) is 3.53. The van der Waals surface area contributed by atoms with E-state index in [4.69, 9.17) is 17.2 Å². The number of para-hydroxylation sites is 1. The van der Waals surface area contributed by atoms with Gasteiger partial charge in [-0.2, -0.15) is 0 Å². The van der Waals surface area contributed by atoms with Crippen molar-refractivity contribution in [2.45, 2.75) is 151 Å². The lowest BCUT2D eigenvalue weighted by Gasteiger charge is -2.24. The van der Waals surface area contributed by atoms with E-state index in [0.29, 0.717) is 76.6 Å². The molecule has 0 aliphatic carbocycles. The molecule has 9 amide bonds. The fourth-order valence-electron chi connectivity index (χ4n) is 6.49. The summed E-state index contributed by atoms with van der Waals surface area (Å²) in [5.74, 6) is -3.68. The van der Waals surface area contributed by atoms with Gasteiger partial charge in [-0.15, -0.1) is 0 Å². The van der Waals surface area contributed by atoms with Crippen molar-refractivity contribution >= 4 is 76.4 Å². The summed E-state index contributed by atoms with van der Waals surface area (Å²) >= 11 is 0. The largest absolute Gasteiger partial charge is 0.387 e. The van der Waals surface area contributed by atoms with Crippen LogP contribution in [-0.2, 0) is 38.4 Å². The molecule has 28 nitrogen and oxygen atoms in total. The molecule has 464 valence electrons. The van der Waals surface area contributed by atoms with Crippen LogP contribution in [0.1, 0.15) is 143 Å². The lowest BCUT2D eigenvalue weighted by molar-refractivity contribution is -0.393. The van der Waals surface area contributed by atoms with Crippen LogP contribution in [0.3, 0.4) is 0 Å². The minimum atomic E-state index is -0.918. The van der Waals surface area contributed by atoms with Gasteiger partial charge >= 0.3 is 0 Å². The number of hydrogen-bond acceptors (Lipinski definition) is 17. The summed E-state index contributed by atoms with van der Waals surface area (Å²) in [5, 5.41) is 48.0. The van der Waals surface area contributed by atoms with E-state index in [0.717, 1.165) is 31.1 Å². The molecule has 0 fully saturated rings. The lowest BCUT2D eigenvalue weighted by Crippen LogP contribution is -2.55. The Labute approximate surface area is 482 Å².